The second kappa shape index (κ2) is 9.00. The Bertz CT molecular complexity index is 800. The molecule has 0 unspecified atom stereocenters. The van der Waals surface area contributed by atoms with Crippen LogP contribution >= 0.6 is 0 Å². The van der Waals surface area contributed by atoms with Gasteiger partial charge >= 0.3 is 0 Å². The molecule has 8 heteroatoms. The lowest BCUT2D eigenvalue weighted by Gasteiger charge is -2.28. The quantitative estimate of drug-likeness (QED) is 0.450. The average molecular weight is 368 g/mol. The molecule has 3 rings (SSSR count). The van der Waals surface area contributed by atoms with Crippen molar-refractivity contribution < 1.29 is 14.6 Å². The van der Waals surface area contributed by atoms with Gasteiger partial charge < -0.3 is 4.90 Å². The molecule has 1 aromatic carbocycles. The summed E-state index contributed by atoms with van der Waals surface area (Å²) in [4.78, 5) is 27.9. The van der Waals surface area contributed by atoms with Gasteiger partial charge in [0.2, 0.25) is 5.91 Å². The number of quaternary nitrogens is 1. The van der Waals surface area contributed by atoms with E-state index in [9.17, 15) is 14.9 Å². The van der Waals surface area contributed by atoms with Crippen molar-refractivity contribution in [2.75, 3.05) is 13.1 Å². The number of non-ortho nitro benzene ring substituents is 1. The smallest absolute Gasteiger partial charge is 0.269 e. The Morgan fingerprint density at radius 2 is 1.89 bits per heavy atom. The molecule has 2 aromatic rings. The Labute approximate surface area is 157 Å². The van der Waals surface area contributed by atoms with Gasteiger partial charge in [0.05, 0.1) is 30.1 Å². The maximum Gasteiger partial charge on any atom is 0.269 e. The normalized spacial score (nSPS) is 19.7. The Morgan fingerprint density at radius 3 is 2.52 bits per heavy atom. The highest BCUT2D eigenvalue weighted by Gasteiger charge is 2.27. The van der Waals surface area contributed by atoms with Crippen LogP contribution in [0.5, 0.6) is 0 Å². The third-order valence-electron chi connectivity index (χ3n) is 4.76. The summed E-state index contributed by atoms with van der Waals surface area (Å²) in [5, 5.41) is 14.7. The number of piperidine rings is 1. The van der Waals surface area contributed by atoms with Gasteiger partial charge in [-0.25, -0.2) is 5.43 Å². The molecule has 1 aliphatic rings. The summed E-state index contributed by atoms with van der Waals surface area (Å²) in [5.41, 5.74) is 4.68. The minimum absolute atomic E-state index is 0.0276. The molecule has 2 heterocycles. The SMILES string of the molecule is O=C(N/N=C\c1ccncc1)C1CC[NH+](Cc2ccc([N+](=O)[O-])cc2)CC1. The van der Waals surface area contributed by atoms with E-state index < -0.39 is 4.92 Å². The zero-order chi connectivity index (χ0) is 19.1. The van der Waals surface area contributed by atoms with Crippen molar-refractivity contribution in [1.82, 2.24) is 10.4 Å². The number of aromatic nitrogens is 1. The molecule has 0 saturated carbocycles. The number of benzene rings is 1. The van der Waals surface area contributed by atoms with Crippen LogP contribution in [0.15, 0.2) is 53.9 Å². The summed E-state index contributed by atoms with van der Waals surface area (Å²) in [6.45, 7) is 2.60. The maximum absolute atomic E-state index is 12.2. The van der Waals surface area contributed by atoms with Crippen LogP contribution in [0.25, 0.3) is 0 Å². The number of likely N-dealkylation sites (tertiary alicyclic amines) is 1. The standard InChI is InChI=1S/C19H21N5O3/c25-19(22-21-13-15-5-9-20-10-6-15)17-7-11-23(12-8-17)14-16-1-3-18(4-2-16)24(26)27/h1-6,9-10,13,17H,7-8,11-12,14H2,(H,22,25)/p+1/b21-13-. The molecular weight excluding hydrogens is 346 g/mol. The first-order chi connectivity index (χ1) is 13.1. The molecule has 0 aliphatic carbocycles. The fourth-order valence-electron chi connectivity index (χ4n) is 3.20. The van der Waals surface area contributed by atoms with Crippen molar-refractivity contribution in [3.05, 3.63) is 70.0 Å². The number of pyridine rings is 1. The largest absolute Gasteiger partial charge is 0.331 e. The molecule has 140 valence electrons. The van der Waals surface area contributed by atoms with Gasteiger partial charge in [0, 0.05) is 42.9 Å². The van der Waals surface area contributed by atoms with Crippen molar-refractivity contribution in [1.29, 1.82) is 0 Å². The van der Waals surface area contributed by atoms with E-state index in [1.54, 1.807) is 30.7 Å². The summed E-state index contributed by atoms with van der Waals surface area (Å²) in [6, 6.07) is 10.3. The first-order valence-electron chi connectivity index (χ1n) is 8.91. The number of nitrogens with zero attached hydrogens (tertiary/aromatic N) is 3. The van der Waals surface area contributed by atoms with Gasteiger partial charge in [-0.3, -0.25) is 19.9 Å². The average Bonchev–Trinajstić information content (AvgIpc) is 2.70. The second-order valence-corrected chi connectivity index (χ2v) is 6.64. The number of nitro benzene ring substituents is 1. The van der Waals surface area contributed by atoms with Gasteiger partial charge in [0.25, 0.3) is 5.69 Å². The number of hydrogen-bond acceptors (Lipinski definition) is 5. The lowest BCUT2D eigenvalue weighted by Crippen LogP contribution is -3.11. The first kappa shape index (κ1) is 18.7. The second-order valence-electron chi connectivity index (χ2n) is 6.64. The van der Waals surface area contributed by atoms with Gasteiger partial charge in [-0.05, 0) is 29.8 Å². The van der Waals surface area contributed by atoms with Crippen molar-refractivity contribution >= 4 is 17.8 Å². The molecule has 1 amide bonds. The predicted molar refractivity (Wildman–Crippen MR) is 100 cm³/mol. The molecule has 1 fully saturated rings. The van der Waals surface area contributed by atoms with Crippen molar-refractivity contribution in [2.45, 2.75) is 19.4 Å². The molecule has 0 spiro atoms. The Hall–Kier alpha value is -3.13. The van der Waals surface area contributed by atoms with E-state index in [0.717, 1.165) is 43.6 Å². The number of carbonyl (C=O) groups is 1. The van der Waals surface area contributed by atoms with Gasteiger partial charge in [-0.1, -0.05) is 0 Å². The number of hydrazone groups is 1. The molecule has 1 aliphatic heterocycles. The number of hydrogen-bond donors (Lipinski definition) is 2. The molecule has 27 heavy (non-hydrogen) atoms. The summed E-state index contributed by atoms with van der Waals surface area (Å²) < 4.78 is 0. The summed E-state index contributed by atoms with van der Waals surface area (Å²) in [7, 11) is 0. The predicted octanol–water partition coefficient (Wildman–Crippen LogP) is 0.935. The first-order valence-corrected chi connectivity index (χ1v) is 8.91. The molecule has 0 atom stereocenters. The maximum atomic E-state index is 12.2. The zero-order valence-electron chi connectivity index (χ0n) is 14.9. The van der Waals surface area contributed by atoms with Gasteiger partial charge in [-0.15, -0.1) is 0 Å². The van der Waals surface area contributed by atoms with Crippen LogP contribution in [-0.2, 0) is 11.3 Å². The van der Waals surface area contributed by atoms with E-state index in [0.29, 0.717) is 0 Å². The molecule has 0 radical (unpaired) electrons. The van der Waals surface area contributed by atoms with Crippen LogP contribution in [0, 0.1) is 16.0 Å². The Kier molecular flexibility index (Phi) is 6.22. The minimum Gasteiger partial charge on any atom is -0.331 e. The van der Waals surface area contributed by atoms with Crippen molar-refractivity contribution in [2.24, 2.45) is 11.0 Å². The number of nitrogens with one attached hydrogen (secondary N) is 2. The van der Waals surface area contributed by atoms with E-state index in [1.807, 2.05) is 12.1 Å². The summed E-state index contributed by atoms with van der Waals surface area (Å²) in [6.07, 6.45) is 6.56. The van der Waals surface area contributed by atoms with E-state index in [4.69, 9.17) is 0 Å². The van der Waals surface area contributed by atoms with Crippen LogP contribution in [0.3, 0.4) is 0 Å². The van der Waals surface area contributed by atoms with E-state index in [1.165, 1.54) is 17.0 Å². The monoisotopic (exact) mass is 368 g/mol. The lowest BCUT2D eigenvalue weighted by atomic mass is 9.96. The van der Waals surface area contributed by atoms with Crippen LogP contribution < -0.4 is 10.3 Å². The highest BCUT2D eigenvalue weighted by atomic mass is 16.6. The van der Waals surface area contributed by atoms with Crippen LogP contribution in [-0.4, -0.2) is 35.1 Å². The topological polar surface area (TPSA) is 102 Å². The number of carbonyl (C=O) groups excluding carboxylic acids is 1. The third-order valence-corrected chi connectivity index (χ3v) is 4.76. The highest BCUT2D eigenvalue weighted by molar-refractivity contribution is 5.83. The third kappa shape index (κ3) is 5.42. The van der Waals surface area contributed by atoms with Gasteiger partial charge in [0.1, 0.15) is 6.54 Å². The molecule has 2 N–H and O–H groups in total. The lowest BCUT2D eigenvalue weighted by molar-refractivity contribution is -0.919. The number of amides is 1. The fourth-order valence-corrected chi connectivity index (χ4v) is 3.20. The molecule has 1 aromatic heterocycles. The van der Waals surface area contributed by atoms with Gasteiger partial charge in [0.15, 0.2) is 0 Å². The van der Waals surface area contributed by atoms with Crippen LogP contribution in [0.2, 0.25) is 0 Å². The molecule has 1 saturated heterocycles. The Morgan fingerprint density at radius 1 is 1.22 bits per heavy atom. The van der Waals surface area contributed by atoms with Crippen LogP contribution in [0.1, 0.15) is 24.0 Å². The van der Waals surface area contributed by atoms with E-state index in [-0.39, 0.29) is 17.5 Å². The van der Waals surface area contributed by atoms with E-state index >= 15 is 0 Å². The molecular formula is C19H22N5O3+. The van der Waals surface area contributed by atoms with E-state index in [2.05, 4.69) is 15.5 Å². The van der Waals surface area contributed by atoms with Gasteiger partial charge in [-0.2, -0.15) is 5.10 Å². The molecule has 0 bridgehead atoms. The minimum atomic E-state index is -0.391. The Balaban J connectivity index is 1.43. The van der Waals surface area contributed by atoms with Crippen molar-refractivity contribution in [3.8, 4) is 0 Å². The summed E-state index contributed by atoms with van der Waals surface area (Å²) in [5.74, 6) is -0.0742. The van der Waals surface area contributed by atoms with Crippen LogP contribution in [0.4, 0.5) is 5.69 Å². The summed E-state index contributed by atoms with van der Waals surface area (Å²) >= 11 is 0. The number of rotatable bonds is 6. The van der Waals surface area contributed by atoms with Crippen molar-refractivity contribution in [3.63, 3.8) is 0 Å². The fraction of sp³-hybridized carbons (Fsp3) is 0.316. The highest BCUT2D eigenvalue weighted by Crippen LogP contribution is 2.13. The zero-order valence-corrected chi connectivity index (χ0v) is 14.9. The number of nitro groups is 1. The molecule has 8 nitrogen and oxygen atoms in total.